The molecule has 0 bridgehead atoms. The maximum atomic E-state index is 12.3. The van der Waals surface area contributed by atoms with Crippen LogP contribution in [0.15, 0.2) is 54.6 Å². The molecule has 22 heavy (non-hydrogen) atoms. The summed E-state index contributed by atoms with van der Waals surface area (Å²) in [4.78, 5) is 12.3. The van der Waals surface area contributed by atoms with Gasteiger partial charge in [-0.1, -0.05) is 36.4 Å². The van der Waals surface area contributed by atoms with E-state index in [-0.39, 0.29) is 18.0 Å². The lowest BCUT2D eigenvalue weighted by molar-refractivity contribution is -0.117. The number of hydrazine groups is 1. The molecule has 114 valence electrons. The van der Waals surface area contributed by atoms with Crippen LogP contribution >= 0.6 is 0 Å². The van der Waals surface area contributed by atoms with Gasteiger partial charge in [-0.3, -0.25) is 4.79 Å². The molecule has 1 fully saturated rings. The third kappa shape index (κ3) is 3.27. The Hall–Kier alpha value is -2.37. The second-order valence-electron chi connectivity index (χ2n) is 5.26. The summed E-state index contributed by atoms with van der Waals surface area (Å²) in [5.74, 6) is 0.664. The van der Waals surface area contributed by atoms with E-state index in [1.54, 1.807) is 13.2 Å². The fourth-order valence-corrected chi connectivity index (χ4v) is 2.56. The number of ether oxygens (including phenoxy) is 1. The summed E-state index contributed by atoms with van der Waals surface area (Å²) in [5, 5.41) is 2.91. The zero-order valence-corrected chi connectivity index (χ0v) is 12.4. The molecule has 3 rings (SSSR count). The third-order valence-corrected chi connectivity index (χ3v) is 3.76. The Kier molecular flexibility index (Phi) is 4.37. The number of anilines is 1. The Morgan fingerprint density at radius 1 is 1.14 bits per heavy atom. The number of amides is 1. The van der Waals surface area contributed by atoms with Crippen molar-refractivity contribution in [3.05, 3.63) is 60.2 Å². The monoisotopic (exact) mass is 297 g/mol. The van der Waals surface area contributed by atoms with Crippen LogP contribution < -0.4 is 20.9 Å². The molecule has 0 spiro atoms. The Bertz CT molecular complexity index is 645. The van der Waals surface area contributed by atoms with Gasteiger partial charge in [-0.15, -0.1) is 0 Å². The van der Waals surface area contributed by atoms with Crippen molar-refractivity contribution >= 4 is 11.6 Å². The van der Waals surface area contributed by atoms with Gasteiger partial charge in [-0.2, -0.15) is 0 Å². The molecule has 1 heterocycles. The number of hydrogen-bond donors (Lipinski definition) is 3. The molecule has 2 aromatic rings. The highest BCUT2D eigenvalue weighted by atomic mass is 16.5. The molecule has 5 heteroatoms. The van der Waals surface area contributed by atoms with Crippen molar-refractivity contribution in [2.75, 3.05) is 12.4 Å². The van der Waals surface area contributed by atoms with Crippen molar-refractivity contribution in [2.45, 2.75) is 18.5 Å². The van der Waals surface area contributed by atoms with Crippen LogP contribution in [-0.4, -0.2) is 19.1 Å². The molecular formula is C17H19N3O2. The van der Waals surface area contributed by atoms with Crippen LogP contribution in [0.2, 0.25) is 0 Å². The van der Waals surface area contributed by atoms with Crippen LogP contribution in [0.1, 0.15) is 18.0 Å². The fourth-order valence-electron chi connectivity index (χ4n) is 2.56. The average molecular weight is 297 g/mol. The van der Waals surface area contributed by atoms with Gasteiger partial charge in [0.05, 0.1) is 7.11 Å². The standard InChI is InChI=1S/C17H19N3O2/c1-22-14-9-5-8-13(10-14)18-17(21)16-11-15(19-20-16)12-6-3-2-4-7-12/h2-10,15-16,19-20H,11H2,1H3,(H,18,21). The van der Waals surface area contributed by atoms with E-state index >= 15 is 0 Å². The lowest BCUT2D eigenvalue weighted by Crippen LogP contribution is -2.39. The van der Waals surface area contributed by atoms with Gasteiger partial charge in [-0.05, 0) is 24.1 Å². The summed E-state index contributed by atoms with van der Waals surface area (Å²) in [6, 6.07) is 17.3. The van der Waals surface area contributed by atoms with Crippen LogP contribution in [0.5, 0.6) is 5.75 Å². The highest BCUT2D eigenvalue weighted by Gasteiger charge is 2.29. The van der Waals surface area contributed by atoms with E-state index < -0.39 is 0 Å². The smallest absolute Gasteiger partial charge is 0.242 e. The van der Waals surface area contributed by atoms with Gasteiger partial charge in [-0.25, -0.2) is 10.9 Å². The summed E-state index contributed by atoms with van der Waals surface area (Å²) in [6.45, 7) is 0. The predicted octanol–water partition coefficient (Wildman–Crippen LogP) is 2.24. The summed E-state index contributed by atoms with van der Waals surface area (Å²) < 4.78 is 5.16. The minimum Gasteiger partial charge on any atom is -0.497 e. The Morgan fingerprint density at radius 3 is 2.73 bits per heavy atom. The molecule has 5 nitrogen and oxygen atoms in total. The van der Waals surface area contributed by atoms with Gasteiger partial charge < -0.3 is 10.1 Å². The van der Waals surface area contributed by atoms with Crippen LogP contribution in [0.25, 0.3) is 0 Å². The second kappa shape index (κ2) is 6.60. The summed E-state index contributed by atoms with van der Waals surface area (Å²) in [5.41, 5.74) is 8.14. The predicted molar refractivity (Wildman–Crippen MR) is 85.5 cm³/mol. The zero-order valence-electron chi connectivity index (χ0n) is 12.4. The Labute approximate surface area is 129 Å². The molecule has 0 radical (unpaired) electrons. The highest BCUT2D eigenvalue weighted by Crippen LogP contribution is 2.23. The second-order valence-corrected chi connectivity index (χ2v) is 5.26. The van der Waals surface area contributed by atoms with E-state index in [1.807, 2.05) is 36.4 Å². The lowest BCUT2D eigenvalue weighted by Gasteiger charge is -2.11. The quantitative estimate of drug-likeness (QED) is 0.810. The fraction of sp³-hybridized carbons (Fsp3) is 0.235. The van der Waals surface area contributed by atoms with Gasteiger partial charge in [0, 0.05) is 17.8 Å². The Balaban J connectivity index is 1.62. The molecule has 2 aromatic carbocycles. The molecule has 1 amide bonds. The molecule has 2 unspecified atom stereocenters. The van der Waals surface area contributed by atoms with Gasteiger partial charge in [0.25, 0.3) is 0 Å². The van der Waals surface area contributed by atoms with Crippen LogP contribution in [0.3, 0.4) is 0 Å². The van der Waals surface area contributed by atoms with E-state index in [2.05, 4.69) is 28.3 Å². The number of nitrogens with one attached hydrogen (secondary N) is 3. The summed E-state index contributed by atoms with van der Waals surface area (Å²) >= 11 is 0. The molecule has 3 N–H and O–H groups in total. The molecule has 2 atom stereocenters. The number of carbonyl (C=O) groups is 1. The minimum absolute atomic E-state index is 0.0563. The van der Waals surface area contributed by atoms with Crippen molar-refractivity contribution in [3.63, 3.8) is 0 Å². The van der Waals surface area contributed by atoms with Crippen LogP contribution in [0, 0.1) is 0 Å². The molecule has 1 aliphatic heterocycles. The molecular weight excluding hydrogens is 278 g/mol. The summed E-state index contributed by atoms with van der Waals surface area (Å²) in [6.07, 6.45) is 0.708. The largest absolute Gasteiger partial charge is 0.497 e. The van der Waals surface area contributed by atoms with E-state index in [1.165, 1.54) is 5.56 Å². The number of rotatable bonds is 4. The van der Waals surface area contributed by atoms with Crippen molar-refractivity contribution in [3.8, 4) is 5.75 Å². The van der Waals surface area contributed by atoms with Crippen molar-refractivity contribution < 1.29 is 9.53 Å². The summed E-state index contributed by atoms with van der Waals surface area (Å²) in [7, 11) is 1.60. The third-order valence-electron chi connectivity index (χ3n) is 3.76. The molecule has 0 aliphatic carbocycles. The van der Waals surface area contributed by atoms with E-state index in [9.17, 15) is 4.79 Å². The topological polar surface area (TPSA) is 62.4 Å². The van der Waals surface area contributed by atoms with Crippen molar-refractivity contribution in [2.24, 2.45) is 0 Å². The number of methoxy groups -OCH3 is 1. The first kappa shape index (κ1) is 14.6. The number of hydrogen-bond acceptors (Lipinski definition) is 4. The maximum absolute atomic E-state index is 12.3. The van der Waals surface area contributed by atoms with Gasteiger partial charge in [0.2, 0.25) is 5.91 Å². The van der Waals surface area contributed by atoms with Crippen molar-refractivity contribution in [1.82, 2.24) is 10.9 Å². The maximum Gasteiger partial charge on any atom is 0.242 e. The van der Waals surface area contributed by atoms with Crippen LogP contribution in [-0.2, 0) is 4.79 Å². The number of carbonyl (C=O) groups excluding carboxylic acids is 1. The highest BCUT2D eigenvalue weighted by molar-refractivity contribution is 5.95. The SMILES string of the molecule is COc1cccc(NC(=O)C2CC(c3ccccc3)NN2)c1. The molecule has 0 aromatic heterocycles. The molecule has 0 saturated carbocycles. The first-order valence-electron chi connectivity index (χ1n) is 7.27. The van der Waals surface area contributed by atoms with E-state index in [0.717, 1.165) is 11.4 Å². The van der Waals surface area contributed by atoms with Gasteiger partial charge >= 0.3 is 0 Å². The first-order valence-corrected chi connectivity index (χ1v) is 7.27. The Morgan fingerprint density at radius 2 is 1.95 bits per heavy atom. The van der Waals surface area contributed by atoms with E-state index in [0.29, 0.717) is 6.42 Å². The van der Waals surface area contributed by atoms with Crippen LogP contribution in [0.4, 0.5) is 5.69 Å². The first-order chi connectivity index (χ1) is 10.8. The number of benzene rings is 2. The zero-order chi connectivity index (χ0) is 15.4. The molecule has 1 aliphatic rings. The van der Waals surface area contributed by atoms with Gasteiger partial charge in [0.1, 0.15) is 11.8 Å². The lowest BCUT2D eigenvalue weighted by atomic mass is 10.0. The molecule has 1 saturated heterocycles. The van der Waals surface area contributed by atoms with Gasteiger partial charge in [0.15, 0.2) is 0 Å². The van der Waals surface area contributed by atoms with E-state index in [4.69, 9.17) is 4.74 Å². The average Bonchev–Trinajstić information content (AvgIpc) is 3.06. The minimum atomic E-state index is -0.267. The normalized spacial score (nSPS) is 20.6. The van der Waals surface area contributed by atoms with Crippen molar-refractivity contribution in [1.29, 1.82) is 0 Å².